The number of nitrogens with one attached hydrogen (secondary N) is 1. The van der Waals surface area contributed by atoms with Crippen LogP contribution in [0.4, 0.5) is 0 Å². The lowest BCUT2D eigenvalue weighted by molar-refractivity contribution is -0.905. The van der Waals surface area contributed by atoms with Crippen LogP contribution < -0.4 is 4.90 Å². The Bertz CT molecular complexity index is 446. The van der Waals surface area contributed by atoms with Gasteiger partial charge in [0, 0.05) is 4.32 Å². The number of hydrogen-bond donors (Lipinski definition) is 1. The summed E-state index contributed by atoms with van der Waals surface area (Å²) < 4.78 is 5.98. The van der Waals surface area contributed by atoms with Gasteiger partial charge in [0.05, 0.1) is 19.5 Å². The zero-order valence-electron chi connectivity index (χ0n) is 14.2. The minimum atomic E-state index is 0.0689. The second-order valence-corrected chi connectivity index (χ2v) is 10.8. The van der Waals surface area contributed by atoms with Crippen LogP contribution in [0, 0.1) is 17.3 Å². The van der Waals surface area contributed by atoms with E-state index in [0.717, 1.165) is 18.4 Å². The normalized spacial score (nSPS) is 42.8. The molecule has 0 amide bonds. The smallest absolute Gasteiger partial charge is 0.306 e. The highest BCUT2D eigenvalue weighted by atomic mass is 79.9. The molecule has 1 heterocycles. The molecule has 0 radical (unpaired) electrons. The third kappa shape index (κ3) is 3.63. The van der Waals surface area contributed by atoms with Crippen molar-refractivity contribution in [1.82, 2.24) is 0 Å². The number of carbonyl (C=O) groups excluding carboxylic acids is 1. The minimum Gasteiger partial charge on any atom is -0.460 e. The third-order valence-corrected chi connectivity index (χ3v) is 7.84. The maximum Gasteiger partial charge on any atom is 0.306 e. The summed E-state index contributed by atoms with van der Waals surface area (Å²) in [6.45, 7) is 4.15. The molecule has 1 N–H and O–H groups in total. The highest BCUT2D eigenvalue weighted by Crippen LogP contribution is 2.65. The number of likely N-dealkylation sites (tertiary alicyclic amines) is 1. The number of carbonyl (C=O) groups is 1. The Morgan fingerprint density at radius 2 is 1.78 bits per heavy atom. The fourth-order valence-electron chi connectivity index (χ4n) is 6.51. The zero-order chi connectivity index (χ0) is 15.9. The van der Waals surface area contributed by atoms with Crippen LogP contribution in [0.2, 0.25) is 0 Å². The monoisotopic (exact) mass is 384 g/mol. The van der Waals surface area contributed by atoms with Crippen molar-refractivity contribution in [3.63, 3.8) is 0 Å². The van der Waals surface area contributed by atoms with Gasteiger partial charge in [0.1, 0.15) is 13.2 Å². The van der Waals surface area contributed by atoms with Gasteiger partial charge in [-0.2, -0.15) is 0 Å². The predicted molar refractivity (Wildman–Crippen MR) is 93.8 cm³/mol. The van der Waals surface area contributed by atoms with Crippen molar-refractivity contribution in [2.24, 2.45) is 17.3 Å². The summed E-state index contributed by atoms with van der Waals surface area (Å²) in [5, 5.41) is 0. The lowest BCUT2D eigenvalue weighted by Gasteiger charge is -2.60. The molecule has 5 fully saturated rings. The number of esters is 1. The lowest BCUT2D eigenvalue weighted by Crippen LogP contribution is -3.13. The zero-order valence-corrected chi connectivity index (χ0v) is 15.8. The standard InChI is InChI=1S/C19H30BrNO2/c20-19-11-15-8-16(12-19)10-18(9-15,14-19)13-17(22)23-7-6-21-4-2-1-3-5-21/h15-16H,1-14H2/p+1/t15-,16+,18?,19?. The van der Waals surface area contributed by atoms with Gasteiger partial charge in [-0.05, 0) is 75.0 Å². The van der Waals surface area contributed by atoms with Gasteiger partial charge >= 0.3 is 5.97 Å². The molecule has 1 saturated heterocycles. The Hall–Kier alpha value is -0.0900. The lowest BCUT2D eigenvalue weighted by atomic mass is 9.49. The number of halogens is 1. The van der Waals surface area contributed by atoms with Crippen molar-refractivity contribution in [2.75, 3.05) is 26.2 Å². The van der Waals surface area contributed by atoms with Gasteiger partial charge < -0.3 is 9.64 Å². The van der Waals surface area contributed by atoms with Gasteiger partial charge in [0.2, 0.25) is 0 Å². The summed E-state index contributed by atoms with van der Waals surface area (Å²) in [5.74, 6) is 1.77. The first-order chi connectivity index (χ1) is 11.0. The molecule has 4 heteroatoms. The van der Waals surface area contributed by atoms with E-state index in [4.69, 9.17) is 4.74 Å². The molecular formula is C19H31BrNO2+. The first kappa shape index (κ1) is 16.4. The number of hydrogen-bond acceptors (Lipinski definition) is 2. The molecule has 4 saturated carbocycles. The van der Waals surface area contributed by atoms with E-state index >= 15 is 0 Å². The highest BCUT2D eigenvalue weighted by molar-refractivity contribution is 9.10. The van der Waals surface area contributed by atoms with Crippen LogP contribution in [-0.2, 0) is 9.53 Å². The van der Waals surface area contributed by atoms with E-state index in [1.165, 1.54) is 70.9 Å². The topological polar surface area (TPSA) is 30.7 Å². The minimum absolute atomic E-state index is 0.0689. The first-order valence-electron chi connectivity index (χ1n) is 9.72. The van der Waals surface area contributed by atoms with E-state index in [9.17, 15) is 4.79 Å². The summed E-state index contributed by atoms with van der Waals surface area (Å²) in [4.78, 5) is 14.1. The van der Waals surface area contributed by atoms with Crippen LogP contribution in [-0.4, -0.2) is 36.5 Å². The van der Waals surface area contributed by atoms with Crippen LogP contribution >= 0.6 is 15.9 Å². The van der Waals surface area contributed by atoms with E-state index in [2.05, 4.69) is 15.9 Å². The Labute approximate surface area is 148 Å². The third-order valence-electron chi connectivity index (χ3n) is 6.91. The van der Waals surface area contributed by atoms with Gasteiger partial charge in [0.15, 0.2) is 0 Å². The molecule has 0 spiro atoms. The van der Waals surface area contributed by atoms with Crippen molar-refractivity contribution in [2.45, 2.75) is 68.5 Å². The fraction of sp³-hybridized carbons (Fsp3) is 0.947. The van der Waals surface area contributed by atoms with E-state index in [0.29, 0.717) is 17.4 Å². The quantitative estimate of drug-likeness (QED) is 0.583. The van der Waals surface area contributed by atoms with Crippen LogP contribution in [0.15, 0.2) is 0 Å². The molecule has 4 bridgehead atoms. The van der Waals surface area contributed by atoms with Gasteiger partial charge in [-0.25, -0.2) is 0 Å². The molecule has 3 nitrogen and oxygen atoms in total. The molecule has 5 rings (SSSR count). The molecule has 0 aromatic rings. The Balaban J connectivity index is 1.27. The molecule has 5 aliphatic rings. The molecule has 4 aliphatic carbocycles. The predicted octanol–water partition coefficient (Wildman–Crippen LogP) is 2.72. The molecular weight excluding hydrogens is 354 g/mol. The SMILES string of the molecule is O=C(CC12C[C@@H]3C[C@@H](CC(Br)(C3)C1)C2)OCC[NH+]1CCCCC1. The van der Waals surface area contributed by atoms with E-state index in [1.807, 2.05) is 0 Å². The molecule has 130 valence electrons. The Morgan fingerprint density at radius 1 is 1.09 bits per heavy atom. The van der Waals surface area contributed by atoms with Crippen molar-refractivity contribution in [3.05, 3.63) is 0 Å². The summed E-state index contributed by atoms with van der Waals surface area (Å²) in [7, 11) is 0. The molecule has 0 aromatic carbocycles. The number of quaternary nitrogens is 1. The van der Waals surface area contributed by atoms with Crippen molar-refractivity contribution in [1.29, 1.82) is 0 Å². The summed E-state index contributed by atoms with van der Waals surface area (Å²) in [5.41, 5.74) is 0.253. The number of rotatable bonds is 5. The summed E-state index contributed by atoms with van der Waals surface area (Å²) in [6.07, 6.45) is 12.5. The van der Waals surface area contributed by atoms with Crippen LogP contribution in [0.5, 0.6) is 0 Å². The Morgan fingerprint density at radius 3 is 2.43 bits per heavy atom. The number of piperidine rings is 1. The Kier molecular flexibility index (Phi) is 4.51. The summed E-state index contributed by atoms with van der Waals surface area (Å²) >= 11 is 4.03. The largest absolute Gasteiger partial charge is 0.460 e. The van der Waals surface area contributed by atoms with Gasteiger partial charge in [-0.1, -0.05) is 15.9 Å². The summed E-state index contributed by atoms with van der Waals surface area (Å²) in [6, 6.07) is 0. The van der Waals surface area contributed by atoms with E-state index < -0.39 is 0 Å². The van der Waals surface area contributed by atoms with Crippen molar-refractivity contribution < 1.29 is 14.4 Å². The first-order valence-corrected chi connectivity index (χ1v) is 10.5. The molecule has 0 aromatic heterocycles. The average molecular weight is 385 g/mol. The van der Waals surface area contributed by atoms with Gasteiger partial charge in [0.25, 0.3) is 0 Å². The molecule has 4 atom stereocenters. The van der Waals surface area contributed by atoms with Crippen LogP contribution in [0.25, 0.3) is 0 Å². The van der Waals surface area contributed by atoms with Crippen LogP contribution in [0.3, 0.4) is 0 Å². The maximum absolute atomic E-state index is 12.4. The second-order valence-electron chi connectivity index (χ2n) is 9.07. The van der Waals surface area contributed by atoms with Crippen LogP contribution in [0.1, 0.15) is 64.2 Å². The fourth-order valence-corrected chi connectivity index (χ4v) is 8.02. The molecule has 1 aliphatic heterocycles. The van der Waals surface area contributed by atoms with Crippen molar-refractivity contribution >= 4 is 21.9 Å². The molecule has 2 unspecified atom stereocenters. The maximum atomic E-state index is 12.4. The second kappa shape index (κ2) is 6.33. The average Bonchev–Trinajstić information content (AvgIpc) is 2.45. The molecule has 23 heavy (non-hydrogen) atoms. The van der Waals surface area contributed by atoms with E-state index in [-0.39, 0.29) is 11.4 Å². The van der Waals surface area contributed by atoms with Crippen molar-refractivity contribution in [3.8, 4) is 0 Å². The number of ether oxygens (including phenoxy) is 1. The van der Waals surface area contributed by atoms with E-state index in [1.54, 1.807) is 4.90 Å². The highest BCUT2D eigenvalue weighted by Gasteiger charge is 2.57. The van der Waals surface area contributed by atoms with Gasteiger partial charge in [-0.15, -0.1) is 0 Å². The number of alkyl halides is 1. The van der Waals surface area contributed by atoms with Gasteiger partial charge in [-0.3, -0.25) is 4.79 Å².